The van der Waals surface area contributed by atoms with E-state index in [2.05, 4.69) is 15.2 Å². The van der Waals surface area contributed by atoms with Crippen LogP contribution in [0.15, 0.2) is 30.3 Å². The lowest BCUT2D eigenvalue weighted by atomic mass is 9.86. The molecule has 2 heterocycles. The zero-order chi connectivity index (χ0) is 19.2. The molecule has 0 spiro atoms. The van der Waals surface area contributed by atoms with Crippen LogP contribution in [0.1, 0.15) is 38.4 Å². The zero-order valence-electron chi connectivity index (χ0n) is 15.7. The summed E-state index contributed by atoms with van der Waals surface area (Å²) < 4.78 is 5.58. The quantitative estimate of drug-likeness (QED) is 0.675. The number of aromatic hydroxyl groups is 1. The van der Waals surface area contributed by atoms with Gasteiger partial charge in [0, 0.05) is 16.6 Å². The molecule has 0 bridgehead atoms. The van der Waals surface area contributed by atoms with Crippen LogP contribution in [0.4, 0.5) is 0 Å². The highest BCUT2D eigenvalue weighted by Crippen LogP contribution is 2.35. The van der Waals surface area contributed by atoms with E-state index in [1.165, 1.54) is 0 Å². The molecule has 0 saturated carbocycles. The van der Waals surface area contributed by atoms with Gasteiger partial charge in [-0.15, -0.1) is 10.2 Å². The highest BCUT2D eigenvalue weighted by Gasteiger charge is 2.31. The van der Waals surface area contributed by atoms with Crippen molar-refractivity contribution >= 4 is 17.0 Å². The molecular weight excluding hydrogens is 342 g/mol. The Hall–Kier alpha value is -2.89. The van der Waals surface area contributed by atoms with Crippen LogP contribution >= 0.6 is 0 Å². The van der Waals surface area contributed by atoms with Gasteiger partial charge in [-0.1, -0.05) is 12.1 Å². The van der Waals surface area contributed by atoms with E-state index in [-0.39, 0.29) is 17.6 Å². The van der Waals surface area contributed by atoms with Gasteiger partial charge < -0.3 is 14.8 Å². The Morgan fingerprint density at radius 3 is 2.78 bits per heavy atom. The van der Waals surface area contributed by atoms with Crippen molar-refractivity contribution in [1.82, 2.24) is 15.2 Å². The van der Waals surface area contributed by atoms with Gasteiger partial charge in [0.2, 0.25) is 0 Å². The number of benzene rings is 1. The summed E-state index contributed by atoms with van der Waals surface area (Å²) in [7, 11) is 0. The van der Waals surface area contributed by atoms with E-state index in [0.717, 1.165) is 29.5 Å². The smallest absolute Gasteiger partial charge is 0.309 e. The van der Waals surface area contributed by atoms with Crippen LogP contribution < -0.4 is 0 Å². The molecule has 1 atom stereocenters. The van der Waals surface area contributed by atoms with E-state index < -0.39 is 5.60 Å². The second-order valence-corrected chi connectivity index (χ2v) is 8.06. The van der Waals surface area contributed by atoms with Crippen LogP contribution in [0.2, 0.25) is 0 Å². The standard InChI is InChI=1S/C21H23N3O3/c1-21(2,3)27-20(26)12-8-9-16-14(10-12)15-11-17(23-24-19(15)22-16)13-6-4-5-7-18(13)25/h4-7,11-12,25H,8-10H2,1-3H3,(H,22,24)/t12-/m1/s1. The van der Waals surface area contributed by atoms with Crippen LogP contribution in [-0.4, -0.2) is 31.9 Å². The van der Waals surface area contributed by atoms with E-state index >= 15 is 0 Å². The first kappa shape index (κ1) is 17.5. The number of aromatic nitrogens is 3. The third-order valence-electron chi connectivity index (χ3n) is 4.87. The van der Waals surface area contributed by atoms with Gasteiger partial charge in [-0.3, -0.25) is 4.79 Å². The summed E-state index contributed by atoms with van der Waals surface area (Å²) in [6, 6.07) is 9.00. The highest BCUT2D eigenvalue weighted by molar-refractivity contribution is 5.86. The number of H-pyrrole nitrogens is 1. The zero-order valence-corrected chi connectivity index (χ0v) is 15.7. The second-order valence-electron chi connectivity index (χ2n) is 8.06. The van der Waals surface area contributed by atoms with Gasteiger partial charge in [-0.25, -0.2) is 0 Å². The summed E-state index contributed by atoms with van der Waals surface area (Å²) in [6.07, 6.45) is 2.16. The summed E-state index contributed by atoms with van der Waals surface area (Å²) in [5.74, 6) is -0.134. The minimum absolute atomic E-state index is 0.148. The third kappa shape index (κ3) is 3.39. The number of nitrogens with one attached hydrogen (secondary N) is 1. The number of carbonyl (C=O) groups excluding carboxylic acids is 1. The molecule has 2 aromatic heterocycles. The SMILES string of the molecule is CC(C)(C)OC(=O)[C@@H]1CCc2[nH]c3nnc(-c4ccccc4O)cc3c2C1. The number of nitrogens with zero attached hydrogens (tertiary/aromatic N) is 2. The Labute approximate surface area is 157 Å². The van der Waals surface area contributed by atoms with Crippen LogP contribution in [0, 0.1) is 5.92 Å². The van der Waals surface area contributed by atoms with Gasteiger partial charge in [0.05, 0.1) is 11.6 Å². The number of esters is 1. The lowest BCUT2D eigenvalue weighted by molar-refractivity contribution is -0.160. The first-order valence-corrected chi connectivity index (χ1v) is 9.20. The van der Waals surface area contributed by atoms with Crippen molar-refractivity contribution in [3.63, 3.8) is 0 Å². The van der Waals surface area contributed by atoms with Crippen molar-refractivity contribution in [3.05, 3.63) is 41.6 Å². The van der Waals surface area contributed by atoms with Crippen LogP contribution in [0.5, 0.6) is 5.75 Å². The molecule has 1 aromatic carbocycles. The van der Waals surface area contributed by atoms with Crippen molar-refractivity contribution < 1.29 is 14.6 Å². The average Bonchev–Trinajstić information content (AvgIpc) is 2.97. The fourth-order valence-corrected chi connectivity index (χ4v) is 3.62. The predicted octanol–water partition coefficient (Wildman–Crippen LogP) is 3.78. The summed E-state index contributed by atoms with van der Waals surface area (Å²) >= 11 is 0. The third-order valence-corrected chi connectivity index (χ3v) is 4.87. The molecule has 3 aromatic rings. The number of ether oxygens (including phenoxy) is 1. The maximum absolute atomic E-state index is 12.5. The molecule has 0 aliphatic heterocycles. The van der Waals surface area contributed by atoms with E-state index in [1.807, 2.05) is 39.0 Å². The lowest BCUT2D eigenvalue weighted by Crippen LogP contribution is -2.31. The van der Waals surface area contributed by atoms with Crippen molar-refractivity contribution in [2.24, 2.45) is 5.92 Å². The van der Waals surface area contributed by atoms with E-state index in [9.17, 15) is 9.90 Å². The Bertz CT molecular complexity index is 1020. The van der Waals surface area contributed by atoms with Crippen LogP contribution in [0.25, 0.3) is 22.3 Å². The van der Waals surface area contributed by atoms with Gasteiger partial charge in [-0.2, -0.15) is 0 Å². The first-order chi connectivity index (χ1) is 12.8. The minimum atomic E-state index is -0.485. The molecule has 6 nitrogen and oxygen atoms in total. The molecule has 1 aliphatic carbocycles. The van der Waals surface area contributed by atoms with Gasteiger partial charge in [0.1, 0.15) is 11.4 Å². The monoisotopic (exact) mass is 365 g/mol. The maximum atomic E-state index is 12.5. The number of hydrogen-bond donors (Lipinski definition) is 2. The summed E-state index contributed by atoms with van der Waals surface area (Å²) in [5, 5.41) is 19.6. The normalized spacial score (nSPS) is 16.9. The molecular formula is C21H23N3O3. The van der Waals surface area contributed by atoms with Crippen LogP contribution in [-0.2, 0) is 22.4 Å². The number of aryl methyl sites for hydroxylation is 1. The van der Waals surface area contributed by atoms with Crippen molar-refractivity contribution in [2.45, 2.75) is 45.6 Å². The topological polar surface area (TPSA) is 88.1 Å². The molecule has 0 fully saturated rings. The predicted molar refractivity (Wildman–Crippen MR) is 102 cm³/mol. The number of phenols is 1. The molecule has 27 heavy (non-hydrogen) atoms. The number of phenolic OH excluding ortho intramolecular Hbond substituents is 1. The molecule has 140 valence electrons. The Morgan fingerprint density at radius 1 is 1.26 bits per heavy atom. The van der Waals surface area contributed by atoms with E-state index in [1.54, 1.807) is 12.1 Å². The number of rotatable bonds is 2. The Balaban J connectivity index is 1.70. The second kappa shape index (κ2) is 6.37. The average molecular weight is 365 g/mol. The molecule has 0 unspecified atom stereocenters. The molecule has 6 heteroatoms. The van der Waals surface area contributed by atoms with E-state index in [4.69, 9.17) is 4.74 Å². The lowest BCUT2D eigenvalue weighted by Gasteiger charge is -2.26. The first-order valence-electron chi connectivity index (χ1n) is 9.20. The summed E-state index contributed by atoms with van der Waals surface area (Å²) in [5.41, 5.74) is 3.68. The van der Waals surface area contributed by atoms with E-state index in [0.29, 0.717) is 23.3 Å². The van der Waals surface area contributed by atoms with Crippen LogP contribution in [0.3, 0.4) is 0 Å². The number of aromatic amines is 1. The van der Waals surface area contributed by atoms with Crippen molar-refractivity contribution in [3.8, 4) is 17.0 Å². The number of hydrogen-bond acceptors (Lipinski definition) is 5. The van der Waals surface area contributed by atoms with Gasteiger partial charge in [0.15, 0.2) is 5.65 Å². The fourth-order valence-electron chi connectivity index (χ4n) is 3.62. The van der Waals surface area contributed by atoms with Crippen molar-refractivity contribution in [2.75, 3.05) is 0 Å². The Morgan fingerprint density at radius 2 is 2.04 bits per heavy atom. The van der Waals surface area contributed by atoms with Crippen molar-refractivity contribution in [1.29, 1.82) is 0 Å². The van der Waals surface area contributed by atoms with Gasteiger partial charge in [-0.05, 0) is 63.8 Å². The molecule has 4 rings (SSSR count). The molecule has 0 amide bonds. The number of para-hydroxylation sites is 1. The Kier molecular flexibility index (Phi) is 4.13. The maximum Gasteiger partial charge on any atom is 0.309 e. The molecule has 2 N–H and O–H groups in total. The van der Waals surface area contributed by atoms with Gasteiger partial charge in [0.25, 0.3) is 0 Å². The number of carbonyl (C=O) groups is 1. The largest absolute Gasteiger partial charge is 0.507 e. The van der Waals surface area contributed by atoms with Gasteiger partial charge >= 0.3 is 5.97 Å². The molecule has 1 aliphatic rings. The fraction of sp³-hybridized carbons (Fsp3) is 0.381. The number of fused-ring (bicyclic) bond motifs is 3. The molecule has 0 radical (unpaired) electrons. The minimum Gasteiger partial charge on any atom is -0.507 e. The molecule has 0 saturated heterocycles. The summed E-state index contributed by atoms with van der Waals surface area (Å²) in [4.78, 5) is 15.8. The summed E-state index contributed by atoms with van der Waals surface area (Å²) in [6.45, 7) is 5.66. The highest BCUT2D eigenvalue weighted by atomic mass is 16.6.